The third-order valence-electron chi connectivity index (χ3n) is 4.06. The molecule has 1 aromatic carbocycles. The van der Waals surface area contributed by atoms with Crippen LogP contribution in [0.2, 0.25) is 5.02 Å². The summed E-state index contributed by atoms with van der Waals surface area (Å²) in [6.07, 6.45) is 2.82. The first-order chi connectivity index (χ1) is 11.8. The molecule has 1 atom stereocenters. The minimum Gasteiger partial charge on any atom is -0.444 e. The Morgan fingerprint density at radius 2 is 1.92 bits per heavy atom. The molecule has 2 amide bonds. The molecule has 6 heteroatoms. The molecular weight excluding hydrogens is 340 g/mol. The van der Waals surface area contributed by atoms with E-state index < -0.39 is 17.7 Å². The fraction of sp³-hybridized carbons (Fsp3) is 0.579. The first-order valence-corrected chi connectivity index (χ1v) is 9.16. The maximum Gasteiger partial charge on any atom is 0.410 e. The lowest BCUT2D eigenvalue weighted by atomic mass is 10.0. The number of halogens is 1. The Hall–Kier alpha value is -1.75. The molecule has 1 aliphatic heterocycles. The summed E-state index contributed by atoms with van der Waals surface area (Å²) in [5.74, 6) is -0.112. The zero-order valence-corrected chi connectivity index (χ0v) is 15.9. The van der Waals surface area contributed by atoms with Gasteiger partial charge in [0, 0.05) is 18.1 Å². The molecule has 0 radical (unpaired) electrons. The molecular formula is C19H27ClN2O3. The molecule has 0 spiro atoms. The van der Waals surface area contributed by atoms with E-state index in [-0.39, 0.29) is 5.91 Å². The van der Waals surface area contributed by atoms with Crippen molar-refractivity contribution in [2.45, 2.75) is 58.1 Å². The number of carbonyl (C=O) groups is 2. The fourth-order valence-electron chi connectivity index (χ4n) is 2.84. The third kappa shape index (κ3) is 6.24. The highest BCUT2D eigenvalue weighted by atomic mass is 35.5. The Morgan fingerprint density at radius 1 is 1.24 bits per heavy atom. The smallest absolute Gasteiger partial charge is 0.410 e. The van der Waals surface area contributed by atoms with Crippen LogP contribution in [0.4, 0.5) is 4.79 Å². The summed E-state index contributed by atoms with van der Waals surface area (Å²) in [5, 5.41) is 3.64. The topological polar surface area (TPSA) is 58.6 Å². The van der Waals surface area contributed by atoms with Crippen molar-refractivity contribution in [1.82, 2.24) is 10.2 Å². The third-order valence-corrected chi connectivity index (χ3v) is 4.31. The number of likely N-dealkylation sites (tertiary alicyclic amines) is 1. The van der Waals surface area contributed by atoms with Crippen molar-refractivity contribution in [1.29, 1.82) is 0 Å². The van der Waals surface area contributed by atoms with Gasteiger partial charge in [-0.25, -0.2) is 4.79 Å². The predicted molar refractivity (Wildman–Crippen MR) is 98.7 cm³/mol. The number of hydrogen-bond donors (Lipinski definition) is 1. The molecule has 2 rings (SSSR count). The van der Waals surface area contributed by atoms with Crippen LogP contribution >= 0.6 is 11.6 Å². The quantitative estimate of drug-likeness (QED) is 0.881. The van der Waals surface area contributed by atoms with Crippen LogP contribution in [0.1, 0.15) is 45.6 Å². The van der Waals surface area contributed by atoms with Crippen LogP contribution in [0.25, 0.3) is 0 Å². The Bertz CT molecular complexity index is 596. The van der Waals surface area contributed by atoms with Crippen molar-refractivity contribution in [3.05, 3.63) is 34.9 Å². The monoisotopic (exact) mass is 366 g/mol. The van der Waals surface area contributed by atoms with Gasteiger partial charge in [0.2, 0.25) is 5.91 Å². The molecule has 1 saturated heterocycles. The van der Waals surface area contributed by atoms with E-state index in [1.54, 1.807) is 4.90 Å². The van der Waals surface area contributed by atoms with Crippen LogP contribution in [0.15, 0.2) is 24.3 Å². The second-order valence-electron chi connectivity index (χ2n) is 7.35. The van der Waals surface area contributed by atoms with Crippen LogP contribution in [-0.2, 0) is 16.0 Å². The highest BCUT2D eigenvalue weighted by Gasteiger charge is 2.34. The number of rotatable bonds is 4. The summed E-state index contributed by atoms with van der Waals surface area (Å²) >= 11 is 5.87. The minimum atomic E-state index is -0.565. The number of piperidine rings is 1. The van der Waals surface area contributed by atoms with Crippen LogP contribution < -0.4 is 5.32 Å². The van der Waals surface area contributed by atoms with Gasteiger partial charge >= 0.3 is 6.09 Å². The molecule has 1 aromatic rings. The van der Waals surface area contributed by atoms with Gasteiger partial charge in [0.15, 0.2) is 0 Å². The number of nitrogens with one attached hydrogen (secondary N) is 1. The number of ether oxygens (including phenoxy) is 1. The summed E-state index contributed by atoms with van der Waals surface area (Å²) < 4.78 is 5.44. The van der Waals surface area contributed by atoms with Gasteiger partial charge < -0.3 is 10.1 Å². The molecule has 0 aromatic heterocycles. The molecule has 1 unspecified atom stereocenters. The second kappa shape index (κ2) is 8.56. The number of amides is 2. The average molecular weight is 367 g/mol. The molecule has 138 valence electrons. The van der Waals surface area contributed by atoms with Gasteiger partial charge in [0.05, 0.1) is 0 Å². The normalized spacial score (nSPS) is 17.9. The lowest BCUT2D eigenvalue weighted by molar-refractivity contribution is -0.127. The average Bonchev–Trinajstić information content (AvgIpc) is 2.55. The lowest BCUT2D eigenvalue weighted by Crippen LogP contribution is -2.53. The molecule has 1 aliphatic rings. The van der Waals surface area contributed by atoms with E-state index >= 15 is 0 Å². The van der Waals surface area contributed by atoms with Crippen molar-refractivity contribution in [3.8, 4) is 0 Å². The Labute approximate surface area is 154 Å². The number of benzene rings is 1. The largest absolute Gasteiger partial charge is 0.444 e. The van der Waals surface area contributed by atoms with Gasteiger partial charge in [-0.05, 0) is 64.2 Å². The van der Waals surface area contributed by atoms with Gasteiger partial charge in [0.1, 0.15) is 11.6 Å². The Morgan fingerprint density at radius 3 is 2.56 bits per heavy atom. The highest BCUT2D eigenvalue weighted by molar-refractivity contribution is 6.30. The second-order valence-corrected chi connectivity index (χ2v) is 7.79. The van der Waals surface area contributed by atoms with E-state index in [1.807, 2.05) is 45.0 Å². The van der Waals surface area contributed by atoms with Gasteiger partial charge in [0.25, 0.3) is 0 Å². The fourth-order valence-corrected chi connectivity index (χ4v) is 2.97. The zero-order valence-electron chi connectivity index (χ0n) is 15.2. The van der Waals surface area contributed by atoms with Crippen LogP contribution in [0.5, 0.6) is 0 Å². The van der Waals surface area contributed by atoms with E-state index in [0.717, 1.165) is 24.8 Å². The predicted octanol–water partition coefficient (Wildman–Crippen LogP) is 3.79. The van der Waals surface area contributed by atoms with Crippen LogP contribution in [-0.4, -0.2) is 41.6 Å². The van der Waals surface area contributed by atoms with E-state index in [9.17, 15) is 9.59 Å². The first kappa shape index (κ1) is 19.6. The van der Waals surface area contributed by atoms with E-state index in [4.69, 9.17) is 16.3 Å². The van der Waals surface area contributed by atoms with Crippen molar-refractivity contribution >= 4 is 23.6 Å². The number of carbonyl (C=O) groups excluding carboxylic acids is 2. The molecule has 1 N–H and O–H groups in total. The van der Waals surface area contributed by atoms with Gasteiger partial charge in [-0.1, -0.05) is 23.7 Å². The van der Waals surface area contributed by atoms with E-state index in [0.29, 0.717) is 24.5 Å². The van der Waals surface area contributed by atoms with Gasteiger partial charge in [-0.15, -0.1) is 0 Å². The van der Waals surface area contributed by atoms with E-state index in [1.165, 1.54) is 0 Å². The maximum absolute atomic E-state index is 12.5. The number of nitrogens with zero attached hydrogens (tertiary/aromatic N) is 1. The Balaban J connectivity index is 1.89. The molecule has 0 saturated carbocycles. The van der Waals surface area contributed by atoms with Crippen molar-refractivity contribution in [3.63, 3.8) is 0 Å². The molecule has 5 nitrogen and oxygen atoms in total. The zero-order chi connectivity index (χ0) is 18.4. The summed E-state index contributed by atoms with van der Waals surface area (Å²) in [6, 6.07) is 7.12. The van der Waals surface area contributed by atoms with Crippen molar-refractivity contribution in [2.24, 2.45) is 0 Å². The van der Waals surface area contributed by atoms with Gasteiger partial charge in [-0.3, -0.25) is 9.69 Å². The maximum atomic E-state index is 12.5. The summed E-state index contributed by atoms with van der Waals surface area (Å²) in [4.78, 5) is 26.5. The molecule has 1 fully saturated rings. The minimum absolute atomic E-state index is 0.112. The summed E-state index contributed by atoms with van der Waals surface area (Å²) in [7, 11) is 0. The summed E-state index contributed by atoms with van der Waals surface area (Å²) in [5.41, 5.74) is 0.543. The Kier molecular flexibility index (Phi) is 6.71. The molecule has 0 bridgehead atoms. The molecule has 25 heavy (non-hydrogen) atoms. The lowest BCUT2D eigenvalue weighted by Gasteiger charge is -2.35. The molecule has 1 heterocycles. The molecule has 0 aliphatic carbocycles. The summed E-state index contributed by atoms with van der Waals surface area (Å²) in [6.45, 7) is 6.57. The van der Waals surface area contributed by atoms with E-state index in [2.05, 4.69) is 5.32 Å². The first-order valence-electron chi connectivity index (χ1n) is 8.78. The van der Waals surface area contributed by atoms with Crippen molar-refractivity contribution < 1.29 is 14.3 Å². The number of hydrogen-bond acceptors (Lipinski definition) is 3. The van der Waals surface area contributed by atoms with Crippen LogP contribution in [0, 0.1) is 0 Å². The highest BCUT2D eigenvalue weighted by Crippen LogP contribution is 2.20. The van der Waals surface area contributed by atoms with Crippen LogP contribution in [0.3, 0.4) is 0 Å². The van der Waals surface area contributed by atoms with Crippen molar-refractivity contribution in [2.75, 3.05) is 13.1 Å². The SMILES string of the molecule is CC(C)(C)OC(=O)N1CCCCC1C(=O)NCCc1ccc(Cl)cc1. The standard InChI is InChI=1S/C19H27ClN2O3/c1-19(2,3)25-18(24)22-13-5-4-6-16(22)17(23)21-12-11-14-7-9-15(20)10-8-14/h7-10,16H,4-6,11-13H2,1-3H3,(H,21,23). The van der Waals surface area contributed by atoms with Gasteiger partial charge in [-0.2, -0.15) is 0 Å².